The second-order valence-electron chi connectivity index (χ2n) is 6.98. The van der Waals surface area contributed by atoms with E-state index < -0.39 is 0 Å². The lowest BCUT2D eigenvalue weighted by Crippen LogP contribution is -2.11. The van der Waals surface area contributed by atoms with Crippen LogP contribution in [0.2, 0.25) is 0 Å². The summed E-state index contributed by atoms with van der Waals surface area (Å²) in [5.41, 5.74) is 4.54. The molecule has 3 aromatic carbocycles. The molecule has 0 unspecified atom stereocenters. The number of halogens is 1. The highest BCUT2D eigenvalue weighted by atomic mass is 19.1. The van der Waals surface area contributed by atoms with E-state index in [2.05, 4.69) is 30.8 Å². The van der Waals surface area contributed by atoms with Crippen LogP contribution in [0, 0.1) is 12.7 Å². The van der Waals surface area contributed by atoms with Crippen LogP contribution in [0.5, 0.6) is 0 Å². The summed E-state index contributed by atoms with van der Waals surface area (Å²) >= 11 is 0. The standard InChI is InChI=1S/C22H17FN6O/c1-12-16(23)3-2-4-17(12)26-22-27-18-8-6-13(9-20(18)28-22)21(30)25-15-7-5-14-11-24-29-19(14)10-15/h2-11H,1H3,(H,24,29)(H,25,30)(H2,26,27,28). The van der Waals surface area contributed by atoms with E-state index in [1.807, 2.05) is 18.2 Å². The van der Waals surface area contributed by atoms with Gasteiger partial charge in [0.1, 0.15) is 5.82 Å². The summed E-state index contributed by atoms with van der Waals surface area (Å²) < 4.78 is 13.8. The first-order chi connectivity index (χ1) is 14.6. The lowest BCUT2D eigenvalue weighted by atomic mass is 10.1. The Balaban J connectivity index is 1.39. The molecule has 7 nitrogen and oxygen atoms in total. The van der Waals surface area contributed by atoms with Crippen molar-refractivity contribution >= 4 is 45.2 Å². The summed E-state index contributed by atoms with van der Waals surface area (Å²) in [5.74, 6) is -0.0507. The molecule has 2 aromatic heterocycles. The van der Waals surface area contributed by atoms with Crippen LogP contribution in [0.1, 0.15) is 15.9 Å². The van der Waals surface area contributed by atoms with Crippen molar-refractivity contribution in [3.05, 3.63) is 77.7 Å². The Kier molecular flexibility index (Phi) is 4.17. The zero-order valence-corrected chi connectivity index (χ0v) is 16.0. The molecule has 0 bridgehead atoms. The number of carbonyl (C=O) groups excluding carboxylic acids is 1. The number of aromatic nitrogens is 4. The number of nitrogens with one attached hydrogen (secondary N) is 4. The van der Waals surface area contributed by atoms with Crippen molar-refractivity contribution in [1.82, 2.24) is 20.2 Å². The number of H-pyrrole nitrogens is 2. The molecule has 1 amide bonds. The fourth-order valence-corrected chi connectivity index (χ4v) is 3.30. The Morgan fingerprint density at radius 1 is 1.07 bits per heavy atom. The van der Waals surface area contributed by atoms with Crippen molar-refractivity contribution in [2.75, 3.05) is 10.6 Å². The maximum Gasteiger partial charge on any atom is 0.255 e. The Bertz CT molecular complexity index is 1400. The number of imidazole rings is 1. The largest absolute Gasteiger partial charge is 0.325 e. The Morgan fingerprint density at radius 3 is 2.87 bits per heavy atom. The molecule has 30 heavy (non-hydrogen) atoms. The molecule has 0 aliphatic rings. The Labute approximate surface area is 170 Å². The highest BCUT2D eigenvalue weighted by molar-refractivity contribution is 6.06. The number of fused-ring (bicyclic) bond motifs is 2. The third-order valence-corrected chi connectivity index (χ3v) is 4.96. The SMILES string of the molecule is Cc1c(F)cccc1Nc1nc2ccc(C(=O)Nc3ccc4cn[nH]c4c3)cc2[nH]1. The van der Waals surface area contributed by atoms with Crippen LogP contribution in [0.15, 0.2) is 60.8 Å². The number of anilines is 3. The van der Waals surface area contributed by atoms with E-state index in [-0.39, 0.29) is 11.7 Å². The van der Waals surface area contributed by atoms with Gasteiger partial charge in [0.05, 0.1) is 22.7 Å². The summed E-state index contributed by atoms with van der Waals surface area (Å²) in [6, 6.07) is 15.6. The first-order valence-corrected chi connectivity index (χ1v) is 9.33. The van der Waals surface area contributed by atoms with Gasteiger partial charge < -0.3 is 15.6 Å². The molecule has 148 valence electrons. The van der Waals surface area contributed by atoms with Crippen LogP contribution in [0.4, 0.5) is 21.7 Å². The topological polar surface area (TPSA) is 98.5 Å². The number of nitrogens with zero attached hydrogens (tertiary/aromatic N) is 2. The summed E-state index contributed by atoms with van der Waals surface area (Å²) in [7, 11) is 0. The predicted molar refractivity (Wildman–Crippen MR) is 115 cm³/mol. The quantitative estimate of drug-likeness (QED) is 0.345. The van der Waals surface area contributed by atoms with E-state index in [0.29, 0.717) is 39.5 Å². The fraction of sp³-hybridized carbons (Fsp3) is 0.0455. The molecular formula is C22H17FN6O. The molecule has 5 rings (SSSR count). The average molecular weight is 400 g/mol. The van der Waals surface area contributed by atoms with Gasteiger partial charge in [0, 0.05) is 27.9 Å². The first kappa shape index (κ1) is 17.9. The first-order valence-electron chi connectivity index (χ1n) is 9.33. The summed E-state index contributed by atoms with van der Waals surface area (Å²) in [5, 5.41) is 13.8. The van der Waals surface area contributed by atoms with E-state index in [9.17, 15) is 9.18 Å². The molecule has 0 radical (unpaired) electrons. The van der Waals surface area contributed by atoms with Gasteiger partial charge in [-0.25, -0.2) is 9.37 Å². The van der Waals surface area contributed by atoms with Crippen molar-refractivity contribution in [3.8, 4) is 0 Å². The minimum atomic E-state index is -0.289. The van der Waals surface area contributed by atoms with Gasteiger partial charge in [-0.3, -0.25) is 9.89 Å². The second kappa shape index (κ2) is 7.00. The molecule has 0 fully saturated rings. The molecular weight excluding hydrogens is 383 g/mol. The van der Waals surface area contributed by atoms with Crippen molar-refractivity contribution < 1.29 is 9.18 Å². The number of rotatable bonds is 4. The zero-order valence-electron chi connectivity index (χ0n) is 16.0. The number of benzene rings is 3. The molecule has 0 spiro atoms. The van der Waals surface area contributed by atoms with Crippen LogP contribution in [-0.4, -0.2) is 26.1 Å². The molecule has 5 aromatic rings. The summed E-state index contributed by atoms with van der Waals surface area (Å²) in [4.78, 5) is 20.3. The maximum atomic E-state index is 13.8. The maximum absolute atomic E-state index is 13.8. The summed E-state index contributed by atoms with van der Waals surface area (Å²) in [6.07, 6.45) is 1.73. The van der Waals surface area contributed by atoms with Crippen LogP contribution in [0.25, 0.3) is 21.9 Å². The normalized spacial score (nSPS) is 11.1. The molecule has 0 saturated heterocycles. The Hall–Kier alpha value is -4.20. The van der Waals surface area contributed by atoms with Crippen LogP contribution in [-0.2, 0) is 0 Å². The van der Waals surface area contributed by atoms with E-state index >= 15 is 0 Å². The van der Waals surface area contributed by atoms with E-state index in [1.54, 1.807) is 43.5 Å². The van der Waals surface area contributed by atoms with E-state index in [0.717, 1.165) is 10.9 Å². The van der Waals surface area contributed by atoms with Crippen molar-refractivity contribution in [2.24, 2.45) is 0 Å². The molecule has 0 aliphatic carbocycles. The van der Waals surface area contributed by atoms with Crippen molar-refractivity contribution in [2.45, 2.75) is 6.92 Å². The van der Waals surface area contributed by atoms with E-state index in [1.165, 1.54) is 6.07 Å². The minimum absolute atomic E-state index is 0.235. The van der Waals surface area contributed by atoms with Crippen LogP contribution in [0.3, 0.4) is 0 Å². The lowest BCUT2D eigenvalue weighted by molar-refractivity contribution is 0.102. The van der Waals surface area contributed by atoms with Gasteiger partial charge in [-0.15, -0.1) is 0 Å². The minimum Gasteiger partial charge on any atom is -0.325 e. The number of carbonyl (C=O) groups is 1. The van der Waals surface area contributed by atoms with Gasteiger partial charge in [-0.2, -0.15) is 5.10 Å². The predicted octanol–water partition coefficient (Wildman–Crippen LogP) is 4.88. The van der Waals surface area contributed by atoms with Gasteiger partial charge in [0.2, 0.25) is 5.95 Å². The lowest BCUT2D eigenvalue weighted by Gasteiger charge is -2.06. The van der Waals surface area contributed by atoms with Crippen LogP contribution >= 0.6 is 0 Å². The second-order valence-corrected chi connectivity index (χ2v) is 6.98. The highest BCUT2D eigenvalue weighted by Crippen LogP contribution is 2.24. The molecule has 0 saturated carbocycles. The van der Waals surface area contributed by atoms with Gasteiger partial charge in [0.25, 0.3) is 5.91 Å². The number of hydrogen-bond acceptors (Lipinski definition) is 4. The third kappa shape index (κ3) is 3.24. The van der Waals surface area contributed by atoms with Crippen molar-refractivity contribution in [1.29, 1.82) is 0 Å². The third-order valence-electron chi connectivity index (χ3n) is 4.96. The monoisotopic (exact) mass is 400 g/mol. The Morgan fingerprint density at radius 2 is 1.97 bits per heavy atom. The molecule has 4 N–H and O–H groups in total. The van der Waals surface area contributed by atoms with Crippen LogP contribution < -0.4 is 10.6 Å². The molecule has 8 heteroatoms. The number of aromatic amines is 2. The summed E-state index contributed by atoms with van der Waals surface area (Å²) in [6.45, 7) is 1.70. The number of amides is 1. The van der Waals surface area contributed by atoms with E-state index in [4.69, 9.17) is 0 Å². The molecule has 0 atom stereocenters. The fourth-order valence-electron chi connectivity index (χ4n) is 3.30. The van der Waals surface area contributed by atoms with Gasteiger partial charge in [-0.05, 0) is 55.5 Å². The molecule has 0 aliphatic heterocycles. The smallest absolute Gasteiger partial charge is 0.255 e. The van der Waals surface area contributed by atoms with Crippen molar-refractivity contribution in [3.63, 3.8) is 0 Å². The zero-order chi connectivity index (χ0) is 20.7. The molecule has 2 heterocycles. The highest BCUT2D eigenvalue weighted by Gasteiger charge is 2.11. The average Bonchev–Trinajstić information content (AvgIpc) is 3.36. The van der Waals surface area contributed by atoms with Gasteiger partial charge in [0.15, 0.2) is 0 Å². The van der Waals surface area contributed by atoms with Gasteiger partial charge in [-0.1, -0.05) is 6.07 Å². The van der Waals surface area contributed by atoms with Gasteiger partial charge >= 0.3 is 0 Å². The number of hydrogen-bond donors (Lipinski definition) is 4.